The first kappa shape index (κ1) is 35.2. The fourth-order valence-corrected chi connectivity index (χ4v) is 8.05. The number of hydrogen-bond acceptors (Lipinski definition) is 8. The van der Waals surface area contributed by atoms with Gasteiger partial charge in [-0.25, -0.2) is 9.79 Å². The van der Waals surface area contributed by atoms with Gasteiger partial charge in [0.25, 0.3) is 5.56 Å². The van der Waals surface area contributed by atoms with Crippen molar-refractivity contribution in [1.29, 1.82) is 0 Å². The molecule has 2 heterocycles. The van der Waals surface area contributed by atoms with E-state index in [0.29, 0.717) is 70.0 Å². The Balaban J connectivity index is 1.57. The summed E-state index contributed by atoms with van der Waals surface area (Å²) in [5.74, 6) is 1.12. The van der Waals surface area contributed by atoms with E-state index in [1.165, 1.54) is 11.3 Å². The molecule has 0 spiro atoms. The fourth-order valence-electron chi connectivity index (χ4n) is 5.09. The van der Waals surface area contributed by atoms with E-state index in [2.05, 4.69) is 36.9 Å². The van der Waals surface area contributed by atoms with Gasteiger partial charge in [0.15, 0.2) is 16.3 Å². The lowest BCUT2D eigenvalue weighted by molar-refractivity contribution is -0.139. The summed E-state index contributed by atoms with van der Waals surface area (Å²) in [6, 6.07) is 13.6. The highest BCUT2D eigenvalue weighted by Crippen LogP contribution is 2.38. The molecule has 47 heavy (non-hydrogen) atoms. The molecular formula is C34H30Br2Cl2N2O6S. The second-order valence-corrected chi connectivity index (χ2v) is 13.8. The number of halogens is 4. The molecule has 5 rings (SSSR count). The van der Waals surface area contributed by atoms with E-state index < -0.39 is 12.0 Å². The topological polar surface area (TPSA) is 88.4 Å². The third-order valence-corrected chi connectivity index (χ3v) is 9.85. The average Bonchev–Trinajstić information content (AvgIpc) is 3.31. The molecule has 0 bridgehead atoms. The van der Waals surface area contributed by atoms with E-state index in [1.807, 2.05) is 38.1 Å². The van der Waals surface area contributed by atoms with Gasteiger partial charge in [-0.1, -0.05) is 46.7 Å². The highest BCUT2D eigenvalue weighted by atomic mass is 79.9. The molecule has 0 saturated heterocycles. The van der Waals surface area contributed by atoms with Gasteiger partial charge >= 0.3 is 5.97 Å². The van der Waals surface area contributed by atoms with E-state index in [4.69, 9.17) is 42.1 Å². The number of fused-ring (bicyclic) bond motifs is 1. The number of benzene rings is 3. The summed E-state index contributed by atoms with van der Waals surface area (Å²) in [6.45, 7) is 8.53. The van der Waals surface area contributed by atoms with Crippen LogP contribution in [-0.4, -0.2) is 30.4 Å². The summed E-state index contributed by atoms with van der Waals surface area (Å²) in [4.78, 5) is 32.6. The van der Waals surface area contributed by atoms with Crippen molar-refractivity contribution in [2.24, 2.45) is 4.99 Å². The van der Waals surface area contributed by atoms with Gasteiger partial charge in [-0.2, -0.15) is 0 Å². The van der Waals surface area contributed by atoms with Crippen molar-refractivity contribution in [3.8, 4) is 17.2 Å². The summed E-state index contributed by atoms with van der Waals surface area (Å²) < 4.78 is 26.5. The molecule has 0 saturated carbocycles. The lowest BCUT2D eigenvalue weighted by Gasteiger charge is -2.25. The molecule has 4 aromatic rings. The number of ether oxygens (including phenoxy) is 4. The zero-order valence-electron chi connectivity index (χ0n) is 25.9. The first-order valence-electron chi connectivity index (χ1n) is 14.7. The highest BCUT2D eigenvalue weighted by Gasteiger charge is 2.34. The molecule has 13 heteroatoms. The minimum absolute atomic E-state index is 0.177. The summed E-state index contributed by atoms with van der Waals surface area (Å²) in [5, 5.41) is 1.06. The lowest BCUT2D eigenvalue weighted by atomic mass is 9.95. The van der Waals surface area contributed by atoms with Crippen LogP contribution in [0.5, 0.6) is 17.2 Å². The third kappa shape index (κ3) is 7.65. The number of carbonyl (C=O) groups is 1. The minimum atomic E-state index is -0.795. The van der Waals surface area contributed by atoms with Crippen molar-refractivity contribution in [1.82, 2.24) is 4.57 Å². The van der Waals surface area contributed by atoms with Crippen LogP contribution in [-0.2, 0) is 16.1 Å². The SMILES string of the molecule is CCOC(=O)C1=C(C)N=c2s/c(=C\c3cc(Br)c(OCc4ccc(Cl)cc4Cl)c(Br)c3)c(=O)n2[C@@H]1c1ccc(OCC)c(OCC)c1. The van der Waals surface area contributed by atoms with Crippen molar-refractivity contribution >= 4 is 78.4 Å². The van der Waals surface area contributed by atoms with Gasteiger partial charge < -0.3 is 18.9 Å². The lowest BCUT2D eigenvalue weighted by Crippen LogP contribution is -2.40. The van der Waals surface area contributed by atoms with Crippen LogP contribution >= 0.6 is 66.4 Å². The molecule has 1 atom stereocenters. The summed E-state index contributed by atoms with van der Waals surface area (Å²) >= 11 is 20.8. The molecule has 8 nitrogen and oxygen atoms in total. The van der Waals surface area contributed by atoms with Crippen LogP contribution in [0.2, 0.25) is 10.0 Å². The Morgan fingerprint density at radius 1 is 0.957 bits per heavy atom. The Morgan fingerprint density at radius 2 is 1.66 bits per heavy atom. The number of thiazole rings is 1. The van der Waals surface area contributed by atoms with Gasteiger partial charge in [-0.05, 0) is 113 Å². The van der Waals surface area contributed by atoms with Crippen molar-refractivity contribution in [2.75, 3.05) is 19.8 Å². The maximum absolute atomic E-state index is 14.1. The normalized spacial score (nSPS) is 14.5. The average molecular weight is 825 g/mol. The number of rotatable bonds is 11. The number of allylic oxidation sites excluding steroid dienone is 1. The minimum Gasteiger partial charge on any atom is -0.490 e. The Bertz CT molecular complexity index is 2040. The highest BCUT2D eigenvalue weighted by molar-refractivity contribution is 9.11. The first-order chi connectivity index (χ1) is 22.6. The Kier molecular flexibility index (Phi) is 11.6. The molecule has 246 valence electrons. The number of aromatic nitrogens is 1. The molecule has 1 aromatic heterocycles. The number of nitrogens with zero attached hydrogens (tertiary/aromatic N) is 2. The zero-order valence-corrected chi connectivity index (χ0v) is 31.4. The first-order valence-corrected chi connectivity index (χ1v) is 17.9. The predicted molar refractivity (Wildman–Crippen MR) is 192 cm³/mol. The molecular weight excluding hydrogens is 795 g/mol. The predicted octanol–water partition coefficient (Wildman–Crippen LogP) is 8.01. The Labute approximate surface area is 302 Å². The molecule has 0 aliphatic carbocycles. The zero-order chi connectivity index (χ0) is 33.8. The molecule has 1 aliphatic rings. The van der Waals surface area contributed by atoms with Crippen LogP contribution in [0.1, 0.15) is 50.4 Å². The van der Waals surface area contributed by atoms with Gasteiger partial charge in [0, 0.05) is 15.6 Å². The van der Waals surface area contributed by atoms with Crippen LogP contribution in [0.25, 0.3) is 6.08 Å². The van der Waals surface area contributed by atoms with Gasteiger partial charge in [0.05, 0.1) is 50.6 Å². The molecule has 0 fully saturated rings. The van der Waals surface area contributed by atoms with Gasteiger partial charge in [0.2, 0.25) is 0 Å². The molecule has 0 unspecified atom stereocenters. The fraction of sp³-hybridized carbons (Fsp3) is 0.265. The van der Waals surface area contributed by atoms with Crippen LogP contribution < -0.4 is 29.1 Å². The van der Waals surface area contributed by atoms with Crippen LogP contribution in [0.3, 0.4) is 0 Å². The smallest absolute Gasteiger partial charge is 0.338 e. The van der Waals surface area contributed by atoms with Crippen molar-refractivity contribution in [3.63, 3.8) is 0 Å². The Hall–Kier alpha value is -3.09. The summed E-state index contributed by atoms with van der Waals surface area (Å²) in [5.41, 5.74) is 2.64. The second kappa shape index (κ2) is 15.4. The largest absolute Gasteiger partial charge is 0.490 e. The van der Waals surface area contributed by atoms with Gasteiger partial charge in [-0.15, -0.1) is 0 Å². The molecule has 1 aliphatic heterocycles. The van der Waals surface area contributed by atoms with E-state index in [0.717, 1.165) is 11.1 Å². The molecule has 0 amide bonds. The van der Waals surface area contributed by atoms with Crippen LogP contribution in [0.4, 0.5) is 0 Å². The van der Waals surface area contributed by atoms with E-state index >= 15 is 0 Å². The summed E-state index contributed by atoms with van der Waals surface area (Å²) in [7, 11) is 0. The van der Waals surface area contributed by atoms with Crippen molar-refractivity contribution < 1.29 is 23.7 Å². The Morgan fingerprint density at radius 3 is 2.32 bits per heavy atom. The van der Waals surface area contributed by atoms with E-state index in [-0.39, 0.29) is 24.3 Å². The molecule has 0 radical (unpaired) electrons. The second-order valence-electron chi connectivity index (χ2n) is 10.2. The van der Waals surface area contributed by atoms with Gasteiger partial charge in [0.1, 0.15) is 12.4 Å². The standard InChI is InChI=1S/C34H30Br2Cl2N2O6S/c1-5-43-26-11-9-20(15-27(26)44-6-2)30-29(33(42)45-7-3)18(4)39-34-40(30)32(41)28(47-34)14-19-12-23(35)31(24(36)13-19)46-17-21-8-10-22(37)16-25(21)38/h8-16,30H,5-7,17H2,1-4H3/b28-14-/t30-/m1/s1. The number of esters is 1. The molecule has 3 aromatic carbocycles. The van der Waals surface area contributed by atoms with Crippen LogP contribution in [0, 0.1) is 0 Å². The monoisotopic (exact) mass is 822 g/mol. The summed E-state index contributed by atoms with van der Waals surface area (Å²) in [6.07, 6.45) is 1.78. The maximum Gasteiger partial charge on any atom is 0.338 e. The van der Waals surface area contributed by atoms with Crippen molar-refractivity contribution in [2.45, 2.75) is 40.3 Å². The molecule has 0 N–H and O–H groups in total. The third-order valence-electron chi connectivity index (χ3n) is 7.11. The van der Waals surface area contributed by atoms with Crippen molar-refractivity contribution in [3.05, 3.63) is 115 Å². The van der Waals surface area contributed by atoms with E-state index in [9.17, 15) is 9.59 Å². The number of hydrogen-bond donors (Lipinski definition) is 0. The van der Waals surface area contributed by atoms with Gasteiger partial charge in [-0.3, -0.25) is 9.36 Å². The quantitative estimate of drug-likeness (QED) is 0.143. The van der Waals surface area contributed by atoms with E-state index in [1.54, 1.807) is 48.8 Å². The number of carbonyl (C=O) groups excluding carboxylic acids is 1. The van der Waals surface area contributed by atoms with Crippen LogP contribution in [0.15, 0.2) is 78.5 Å². The maximum atomic E-state index is 14.1.